The van der Waals surface area contributed by atoms with Crippen LogP contribution in [0.1, 0.15) is 18.5 Å². The lowest BCUT2D eigenvalue weighted by molar-refractivity contribution is 0.150. The van der Waals surface area contributed by atoms with Crippen LogP contribution in [0.2, 0.25) is 0 Å². The molecule has 0 N–H and O–H groups in total. The maximum atomic E-state index is 11.4. The molecule has 1 heterocycles. The minimum atomic E-state index is -0.217. The number of carbonyl (C=O) groups is 1. The summed E-state index contributed by atoms with van der Waals surface area (Å²) in [5.41, 5.74) is 1.12. The zero-order chi connectivity index (χ0) is 10.8. The zero-order valence-electron chi connectivity index (χ0n) is 8.44. The molecule has 1 aliphatic rings. The van der Waals surface area contributed by atoms with Crippen LogP contribution in [0.15, 0.2) is 28.7 Å². The molecule has 1 aromatic carbocycles. The first-order valence-corrected chi connectivity index (χ1v) is 5.66. The molecular weight excluding hydrogens is 258 g/mol. The normalized spacial score (nSPS) is 17.7. The van der Waals surface area contributed by atoms with Gasteiger partial charge in [0.15, 0.2) is 0 Å². The van der Waals surface area contributed by atoms with Crippen LogP contribution in [0.3, 0.4) is 0 Å². The van der Waals surface area contributed by atoms with Crippen molar-refractivity contribution >= 4 is 22.0 Å². The van der Waals surface area contributed by atoms with E-state index in [1.165, 1.54) is 0 Å². The van der Waals surface area contributed by atoms with Crippen LogP contribution >= 0.6 is 15.9 Å². The van der Waals surface area contributed by atoms with Crippen LogP contribution in [-0.2, 0) is 4.74 Å². The van der Waals surface area contributed by atoms with Gasteiger partial charge in [0.2, 0.25) is 0 Å². The van der Waals surface area contributed by atoms with Crippen LogP contribution in [0, 0.1) is 0 Å². The second-order valence-corrected chi connectivity index (χ2v) is 4.45. The van der Waals surface area contributed by atoms with Gasteiger partial charge in [0.1, 0.15) is 6.61 Å². The molecule has 0 spiro atoms. The van der Waals surface area contributed by atoms with Crippen molar-refractivity contribution in [3.05, 3.63) is 34.3 Å². The molecule has 1 aromatic rings. The van der Waals surface area contributed by atoms with E-state index in [2.05, 4.69) is 15.9 Å². The Bertz CT molecular complexity index is 363. The molecule has 0 bridgehead atoms. The fourth-order valence-electron chi connectivity index (χ4n) is 1.68. The van der Waals surface area contributed by atoms with Gasteiger partial charge in [-0.1, -0.05) is 28.1 Å². The molecule has 80 valence electrons. The van der Waals surface area contributed by atoms with Crippen molar-refractivity contribution in [1.29, 1.82) is 0 Å². The molecule has 3 nitrogen and oxygen atoms in total. The smallest absolute Gasteiger partial charge is 0.410 e. The number of rotatable bonds is 2. The average molecular weight is 270 g/mol. The monoisotopic (exact) mass is 269 g/mol. The predicted molar refractivity (Wildman–Crippen MR) is 60.6 cm³/mol. The Morgan fingerprint density at radius 3 is 2.60 bits per heavy atom. The van der Waals surface area contributed by atoms with Gasteiger partial charge in [0.05, 0.1) is 12.6 Å². The van der Waals surface area contributed by atoms with E-state index in [4.69, 9.17) is 4.74 Å². The number of benzene rings is 1. The fraction of sp³-hybridized carbons (Fsp3) is 0.364. The van der Waals surface area contributed by atoms with E-state index in [1.54, 1.807) is 4.90 Å². The molecule has 1 fully saturated rings. The van der Waals surface area contributed by atoms with Crippen molar-refractivity contribution in [2.75, 3.05) is 13.2 Å². The lowest BCUT2D eigenvalue weighted by atomic mass is 10.1. The molecular formula is C11H12BrNO2. The molecule has 1 atom stereocenters. The Morgan fingerprint density at radius 1 is 1.40 bits per heavy atom. The molecule has 15 heavy (non-hydrogen) atoms. The summed E-state index contributed by atoms with van der Waals surface area (Å²) in [5, 5.41) is 0. The third kappa shape index (κ3) is 2.15. The van der Waals surface area contributed by atoms with E-state index in [1.807, 2.05) is 31.2 Å². The summed E-state index contributed by atoms with van der Waals surface area (Å²) >= 11 is 3.38. The molecule has 0 radical (unpaired) electrons. The highest BCUT2D eigenvalue weighted by atomic mass is 79.9. The van der Waals surface area contributed by atoms with E-state index in [9.17, 15) is 4.79 Å². The van der Waals surface area contributed by atoms with E-state index in [0.717, 1.165) is 10.0 Å². The summed E-state index contributed by atoms with van der Waals surface area (Å²) in [6, 6.07) is 8.06. The second-order valence-electron chi connectivity index (χ2n) is 3.54. The topological polar surface area (TPSA) is 29.5 Å². The van der Waals surface area contributed by atoms with Gasteiger partial charge in [0.25, 0.3) is 0 Å². The summed E-state index contributed by atoms with van der Waals surface area (Å²) < 4.78 is 5.95. The summed E-state index contributed by atoms with van der Waals surface area (Å²) in [5.74, 6) is 0. The number of ether oxygens (including phenoxy) is 1. The summed E-state index contributed by atoms with van der Waals surface area (Å²) in [6.45, 7) is 3.19. The van der Waals surface area contributed by atoms with Crippen molar-refractivity contribution in [2.45, 2.75) is 13.0 Å². The summed E-state index contributed by atoms with van der Waals surface area (Å²) in [7, 11) is 0. The number of hydrogen-bond donors (Lipinski definition) is 0. The largest absolute Gasteiger partial charge is 0.448 e. The number of amides is 1. The lowest BCUT2D eigenvalue weighted by Gasteiger charge is -2.21. The summed E-state index contributed by atoms with van der Waals surface area (Å²) in [6.07, 6.45) is -0.217. The maximum Gasteiger partial charge on any atom is 0.410 e. The molecule has 4 heteroatoms. The maximum absolute atomic E-state index is 11.4. The van der Waals surface area contributed by atoms with Crippen LogP contribution in [0.25, 0.3) is 0 Å². The molecule has 0 aromatic heterocycles. The van der Waals surface area contributed by atoms with Gasteiger partial charge in [-0.05, 0) is 24.6 Å². The fourth-order valence-corrected chi connectivity index (χ4v) is 1.94. The van der Waals surface area contributed by atoms with E-state index in [-0.39, 0.29) is 12.1 Å². The van der Waals surface area contributed by atoms with Gasteiger partial charge in [-0.25, -0.2) is 4.79 Å². The first kappa shape index (κ1) is 10.5. The van der Waals surface area contributed by atoms with Crippen molar-refractivity contribution in [1.82, 2.24) is 4.90 Å². The van der Waals surface area contributed by atoms with Gasteiger partial charge in [0, 0.05) is 4.47 Å². The van der Waals surface area contributed by atoms with E-state index < -0.39 is 0 Å². The van der Waals surface area contributed by atoms with E-state index in [0.29, 0.717) is 13.2 Å². The van der Waals surface area contributed by atoms with Crippen molar-refractivity contribution in [3.8, 4) is 0 Å². The second kappa shape index (κ2) is 4.23. The van der Waals surface area contributed by atoms with Gasteiger partial charge in [-0.3, -0.25) is 4.90 Å². The van der Waals surface area contributed by atoms with Crippen LogP contribution in [-0.4, -0.2) is 24.1 Å². The van der Waals surface area contributed by atoms with Crippen molar-refractivity contribution < 1.29 is 9.53 Å². The van der Waals surface area contributed by atoms with Gasteiger partial charge in [-0.2, -0.15) is 0 Å². The molecule has 1 unspecified atom stereocenters. The number of cyclic esters (lactones) is 1. The van der Waals surface area contributed by atoms with Gasteiger partial charge < -0.3 is 4.74 Å². The Balaban J connectivity index is 2.16. The van der Waals surface area contributed by atoms with Gasteiger partial charge in [-0.15, -0.1) is 0 Å². The molecule has 1 saturated heterocycles. The van der Waals surface area contributed by atoms with E-state index >= 15 is 0 Å². The predicted octanol–water partition coefficient (Wildman–Crippen LogP) is 2.96. The number of carbonyl (C=O) groups excluding carboxylic acids is 1. The third-order valence-electron chi connectivity index (χ3n) is 2.61. The lowest BCUT2D eigenvalue weighted by Crippen LogP contribution is -2.27. The van der Waals surface area contributed by atoms with Crippen LogP contribution in [0.4, 0.5) is 4.79 Å². The quantitative estimate of drug-likeness (QED) is 0.826. The highest BCUT2D eigenvalue weighted by Crippen LogP contribution is 2.24. The first-order chi connectivity index (χ1) is 7.18. The Morgan fingerprint density at radius 2 is 2.07 bits per heavy atom. The SMILES string of the molecule is CC(c1ccc(Br)cc1)N1CCOC1=O. The summed E-state index contributed by atoms with van der Waals surface area (Å²) in [4.78, 5) is 13.1. The minimum absolute atomic E-state index is 0.0769. The molecule has 2 rings (SSSR count). The molecule has 1 amide bonds. The van der Waals surface area contributed by atoms with Gasteiger partial charge >= 0.3 is 6.09 Å². The Kier molecular flexibility index (Phi) is 2.95. The highest BCUT2D eigenvalue weighted by Gasteiger charge is 2.27. The molecule has 0 saturated carbocycles. The number of nitrogens with zero attached hydrogens (tertiary/aromatic N) is 1. The van der Waals surface area contributed by atoms with Crippen LogP contribution in [0.5, 0.6) is 0 Å². The molecule has 1 aliphatic heterocycles. The zero-order valence-corrected chi connectivity index (χ0v) is 10.0. The standard InChI is InChI=1S/C11H12BrNO2/c1-8(13-6-7-15-11(13)14)9-2-4-10(12)5-3-9/h2-5,8H,6-7H2,1H3. The average Bonchev–Trinajstić information content (AvgIpc) is 2.65. The number of halogens is 1. The third-order valence-corrected chi connectivity index (χ3v) is 3.14. The highest BCUT2D eigenvalue weighted by molar-refractivity contribution is 9.10. The first-order valence-electron chi connectivity index (χ1n) is 4.87. The molecule has 0 aliphatic carbocycles. The van der Waals surface area contributed by atoms with Crippen molar-refractivity contribution in [2.24, 2.45) is 0 Å². The van der Waals surface area contributed by atoms with Crippen LogP contribution < -0.4 is 0 Å². The Labute approximate surface area is 97.2 Å². The van der Waals surface area contributed by atoms with Crippen molar-refractivity contribution in [3.63, 3.8) is 0 Å². The minimum Gasteiger partial charge on any atom is -0.448 e. The number of hydrogen-bond acceptors (Lipinski definition) is 2. The Hall–Kier alpha value is -1.03.